The first kappa shape index (κ1) is 18.0. The Morgan fingerprint density at radius 2 is 1.74 bits per heavy atom. The van der Waals surface area contributed by atoms with Crippen LogP contribution in [0.5, 0.6) is 0 Å². The molecule has 0 radical (unpaired) electrons. The lowest BCUT2D eigenvalue weighted by Gasteiger charge is -2.57. The van der Waals surface area contributed by atoms with Crippen LogP contribution in [0.4, 0.5) is 9.59 Å². The van der Waals surface area contributed by atoms with Gasteiger partial charge in [0.25, 0.3) is 0 Å². The number of unbranched alkanes of at least 4 members (excludes halogenated alkanes) is 1. The van der Waals surface area contributed by atoms with Crippen molar-refractivity contribution in [1.82, 2.24) is 20.4 Å². The summed E-state index contributed by atoms with van der Waals surface area (Å²) in [4.78, 5) is 28.3. The van der Waals surface area contributed by atoms with Crippen molar-refractivity contribution >= 4 is 12.1 Å². The maximum atomic E-state index is 12.3. The molecule has 4 amide bonds. The van der Waals surface area contributed by atoms with Gasteiger partial charge in [0, 0.05) is 30.2 Å². The molecule has 0 bridgehead atoms. The maximum absolute atomic E-state index is 12.3. The van der Waals surface area contributed by atoms with E-state index in [0.717, 1.165) is 19.4 Å². The van der Waals surface area contributed by atoms with Crippen molar-refractivity contribution in [2.45, 2.75) is 77.4 Å². The van der Waals surface area contributed by atoms with E-state index in [9.17, 15) is 9.59 Å². The van der Waals surface area contributed by atoms with E-state index >= 15 is 0 Å². The van der Waals surface area contributed by atoms with Crippen LogP contribution < -0.4 is 10.6 Å². The standard InChI is InChI=1S/C17H32N4O2/c1-6-7-9-21-16(2,3)11-13(12-17(21,4)5)20-10-8-18-14(22)19-15(20)23/h13H,6-12H2,1-5H3,(H2,18,19,22,23). The van der Waals surface area contributed by atoms with Crippen LogP contribution in [0, 0.1) is 0 Å². The molecule has 2 fully saturated rings. The number of rotatable bonds is 4. The second kappa shape index (κ2) is 6.67. The first-order valence-electron chi connectivity index (χ1n) is 8.80. The lowest BCUT2D eigenvalue weighted by molar-refractivity contribution is -0.0576. The molecule has 2 heterocycles. The van der Waals surface area contributed by atoms with Crippen LogP contribution in [0.1, 0.15) is 60.3 Å². The van der Waals surface area contributed by atoms with Gasteiger partial charge in [0.15, 0.2) is 0 Å². The average molecular weight is 324 g/mol. The van der Waals surface area contributed by atoms with Crippen molar-refractivity contribution in [3.63, 3.8) is 0 Å². The van der Waals surface area contributed by atoms with Gasteiger partial charge >= 0.3 is 12.1 Å². The molecule has 0 unspecified atom stereocenters. The summed E-state index contributed by atoms with van der Waals surface area (Å²) in [5, 5.41) is 5.11. The molecule has 0 aromatic rings. The summed E-state index contributed by atoms with van der Waals surface area (Å²) < 4.78 is 0. The van der Waals surface area contributed by atoms with Crippen molar-refractivity contribution < 1.29 is 9.59 Å². The number of nitrogens with one attached hydrogen (secondary N) is 2. The van der Waals surface area contributed by atoms with Gasteiger partial charge in [-0.15, -0.1) is 0 Å². The van der Waals surface area contributed by atoms with Crippen LogP contribution in [0.15, 0.2) is 0 Å². The molecule has 0 aromatic carbocycles. The molecule has 132 valence electrons. The molecule has 6 nitrogen and oxygen atoms in total. The average Bonchev–Trinajstić information content (AvgIpc) is 2.56. The quantitative estimate of drug-likeness (QED) is 0.835. The summed E-state index contributed by atoms with van der Waals surface area (Å²) in [7, 11) is 0. The minimum atomic E-state index is -0.392. The Balaban J connectivity index is 2.17. The summed E-state index contributed by atoms with van der Waals surface area (Å²) >= 11 is 0. The van der Waals surface area contributed by atoms with Gasteiger partial charge in [-0.3, -0.25) is 10.2 Å². The number of nitrogens with zero attached hydrogens (tertiary/aromatic N) is 2. The minimum Gasteiger partial charge on any atom is -0.336 e. The van der Waals surface area contributed by atoms with Crippen LogP contribution in [0.2, 0.25) is 0 Å². The van der Waals surface area contributed by atoms with Crippen molar-refractivity contribution in [3.05, 3.63) is 0 Å². The fourth-order valence-electron chi connectivity index (χ4n) is 4.36. The summed E-state index contributed by atoms with van der Waals surface area (Å²) in [5.41, 5.74) is 0.0667. The molecule has 2 saturated heterocycles. The molecule has 0 spiro atoms. The fourth-order valence-corrected chi connectivity index (χ4v) is 4.36. The number of carbonyl (C=O) groups excluding carboxylic acids is 2. The van der Waals surface area contributed by atoms with E-state index in [1.165, 1.54) is 12.8 Å². The van der Waals surface area contributed by atoms with Gasteiger partial charge in [-0.2, -0.15) is 0 Å². The molecule has 0 atom stereocenters. The van der Waals surface area contributed by atoms with Crippen molar-refractivity contribution in [1.29, 1.82) is 0 Å². The van der Waals surface area contributed by atoms with E-state index in [4.69, 9.17) is 0 Å². The van der Waals surface area contributed by atoms with Crippen molar-refractivity contribution in [3.8, 4) is 0 Å². The maximum Gasteiger partial charge on any atom is 0.325 e. The van der Waals surface area contributed by atoms with E-state index in [-0.39, 0.29) is 23.2 Å². The van der Waals surface area contributed by atoms with Gasteiger partial charge in [0.05, 0.1) is 0 Å². The van der Waals surface area contributed by atoms with Crippen LogP contribution in [-0.4, -0.2) is 58.6 Å². The lowest BCUT2D eigenvalue weighted by Crippen LogP contribution is -2.65. The molecule has 23 heavy (non-hydrogen) atoms. The monoisotopic (exact) mass is 324 g/mol. The topological polar surface area (TPSA) is 64.7 Å². The van der Waals surface area contributed by atoms with Gasteiger partial charge in [-0.1, -0.05) is 13.3 Å². The molecule has 2 N–H and O–H groups in total. The third kappa shape index (κ3) is 3.97. The molecule has 2 aliphatic heterocycles. The van der Waals surface area contributed by atoms with E-state index in [1.54, 1.807) is 0 Å². The van der Waals surface area contributed by atoms with Crippen LogP contribution in [-0.2, 0) is 0 Å². The van der Waals surface area contributed by atoms with Crippen LogP contribution in [0.25, 0.3) is 0 Å². The number of piperidine rings is 1. The van der Waals surface area contributed by atoms with Gasteiger partial charge in [0.2, 0.25) is 0 Å². The highest BCUT2D eigenvalue weighted by molar-refractivity contribution is 5.94. The van der Waals surface area contributed by atoms with E-state index in [1.807, 2.05) is 4.90 Å². The first-order chi connectivity index (χ1) is 10.7. The highest BCUT2D eigenvalue weighted by atomic mass is 16.2. The highest BCUT2D eigenvalue weighted by Gasteiger charge is 2.47. The zero-order valence-corrected chi connectivity index (χ0v) is 15.2. The van der Waals surface area contributed by atoms with E-state index < -0.39 is 6.03 Å². The molecule has 2 aliphatic rings. The SMILES string of the molecule is CCCCN1C(C)(C)CC(N2CCNC(=O)NC2=O)CC1(C)C. The summed E-state index contributed by atoms with van der Waals surface area (Å²) in [6.45, 7) is 13.5. The summed E-state index contributed by atoms with van der Waals surface area (Å²) in [6.07, 6.45) is 4.25. The fraction of sp³-hybridized carbons (Fsp3) is 0.882. The number of hydrogen-bond donors (Lipinski definition) is 2. The number of hydrogen-bond acceptors (Lipinski definition) is 3. The lowest BCUT2D eigenvalue weighted by atomic mass is 9.76. The number of likely N-dealkylation sites (tertiary alicyclic amines) is 1. The van der Waals surface area contributed by atoms with Gasteiger partial charge in [-0.05, 0) is 53.5 Å². The third-order valence-corrected chi connectivity index (χ3v) is 5.23. The number of carbonyl (C=O) groups is 2. The van der Waals surface area contributed by atoms with Crippen LogP contribution in [0.3, 0.4) is 0 Å². The number of imide groups is 1. The Bertz CT molecular complexity index is 444. The molecule has 2 rings (SSSR count). The number of amides is 4. The normalized spacial score (nSPS) is 25.7. The smallest absolute Gasteiger partial charge is 0.325 e. The third-order valence-electron chi connectivity index (χ3n) is 5.23. The minimum absolute atomic E-state index is 0.0333. The van der Waals surface area contributed by atoms with Gasteiger partial charge < -0.3 is 10.2 Å². The molecule has 0 aliphatic carbocycles. The largest absolute Gasteiger partial charge is 0.336 e. The van der Waals surface area contributed by atoms with Crippen LogP contribution >= 0.6 is 0 Å². The molecule has 0 saturated carbocycles. The molecule has 6 heteroatoms. The zero-order chi connectivity index (χ0) is 17.3. The van der Waals surface area contributed by atoms with Crippen molar-refractivity contribution in [2.75, 3.05) is 19.6 Å². The number of urea groups is 2. The van der Waals surface area contributed by atoms with E-state index in [2.05, 4.69) is 50.2 Å². The first-order valence-corrected chi connectivity index (χ1v) is 8.80. The Labute approximate surface area is 140 Å². The highest BCUT2D eigenvalue weighted by Crippen LogP contribution is 2.40. The molecular weight excluding hydrogens is 292 g/mol. The molecular formula is C17H32N4O2. The Morgan fingerprint density at radius 1 is 1.13 bits per heavy atom. The van der Waals surface area contributed by atoms with E-state index in [0.29, 0.717) is 13.1 Å². The second-order valence-corrected chi connectivity index (χ2v) is 8.07. The Morgan fingerprint density at radius 3 is 2.30 bits per heavy atom. The molecule has 0 aromatic heterocycles. The predicted octanol–water partition coefficient (Wildman–Crippen LogP) is 2.54. The summed E-state index contributed by atoms with van der Waals surface area (Å²) in [5.74, 6) is 0. The van der Waals surface area contributed by atoms with Gasteiger partial charge in [0.1, 0.15) is 0 Å². The Hall–Kier alpha value is -1.30. The predicted molar refractivity (Wildman–Crippen MR) is 91.4 cm³/mol. The van der Waals surface area contributed by atoms with Gasteiger partial charge in [-0.25, -0.2) is 9.59 Å². The second-order valence-electron chi connectivity index (χ2n) is 8.07. The van der Waals surface area contributed by atoms with Crippen molar-refractivity contribution in [2.24, 2.45) is 0 Å². The Kier molecular flexibility index (Phi) is 5.23. The summed E-state index contributed by atoms with van der Waals surface area (Å²) in [6, 6.07) is -0.499. The zero-order valence-electron chi connectivity index (χ0n) is 15.2.